The molecule has 1 aromatic rings. The van der Waals surface area contributed by atoms with Gasteiger partial charge in [0.15, 0.2) is 5.82 Å². The van der Waals surface area contributed by atoms with Crippen LogP contribution in [-0.2, 0) is 11.3 Å². The van der Waals surface area contributed by atoms with Gasteiger partial charge in [-0.3, -0.25) is 0 Å². The second-order valence-electron chi connectivity index (χ2n) is 2.59. The number of hydrogen-bond acceptors (Lipinski definition) is 6. The van der Waals surface area contributed by atoms with Crippen molar-refractivity contribution in [3.05, 3.63) is 11.9 Å². The summed E-state index contributed by atoms with van der Waals surface area (Å²) in [4.78, 5) is 8.32. The van der Waals surface area contributed by atoms with E-state index in [1.165, 1.54) is 0 Å². The largest absolute Gasteiger partial charge is 0.374 e. The summed E-state index contributed by atoms with van der Waals surface area (Å²) < 4.78 is 5.20. The average molecular weight is 197 g/mol. The van der Waals surface area contributed by atoms with Crippen LogP contribution in [0.2, 0.25) is 0 Å². The third-order valence-corrected chi connectivity index (χ3v) is 1.61. The van der Waals surface area contributed by atoms with Crippen molar-refractivity contribution in [3.63, 3.8) is 0 Å². The fraction of sp³-hybridized carbons (Fsp3) is 0.500. The molecular weight excluding hydrogens is 182 g/mol. The van der Waals surface area contributed by atoms with E-state index < -0.39 is 0 Å². The Kier molecular flexibility index (Phi) is 4.09. The Balaban J connectivity index is 2.81. The monoisotopic (exact) mass is 197 g/mol. The van der Waals surface area contributed by atoms with Crippen molar-refractivity contribution in [1.82, 2.24) is 9.97 Å². The van der Waals surface area contributed by atoms with Gasteiger partial charge in [0.05, 0.1) is 0 Å². The molecule has 0 fully saturated rings. The normalized spacial score (nSPS) is 9.93. The Labute approximate surface area is 82.9 Å². The smallest absolute Gasteiger partial charge is 0.158 e. The topological polar surface area (TPSA) is 85.1 Å². The van der Waals surface area contributed by atoms with Crippen LogP contribution >= 0.6 is 0 Å². The molecular formula is C8H15N5O. The zero-order chi connectivity index (χ0) is 10.4. The van der Waals surface area contributed by atoms with Crippen molar-refractivity contribution < 1.29 is 4.74 Å². The average Bonchev–Trinajstić information content (AvgIpc) is 2.25. The van der Waals surface area contributed by atoms with E-state index in [0.717, 1.165) is 0 Å². The maximum atomic E-state index is 5.26. The van der Waals surface area contributed by atoms with E-state index in [4.69, 9.17) is 10.6 Å². The lowest BCUT2D eigenvalue weighted by molar-refractivity contribution is 0.128. The van der Waals surface area contributed by atoms with Crippen LogP contribution in [0.25, 0.3) is 0 Å². The number of hydrogen-bond donors (Lipinski definition) is 3. The molecule has 1 rings (SSSR count). The minimum atomic E-state index is 0.390. The summed E-state index contributed by atoms with van der Waals surface area (Å²) >= 11 is 0. The van der Waals surface area contributed by atoms with Crippen LogP contribution in [0.5, 0.6) is 0 Å². The summed E-state index contributed by atoms with van der Waals surface area (Å²) in [6.45, 7) is 2.95. The minimum Gasteiger partial charge on any atom is -0.374 e. The highest BCUT2D eigenvalue weighted by Gasteiger charge is 2.02. The van der Waals surface area contributed by atoms with Gasteiger partial charge in [-0.1, -0.05) is 0 Å². The van der Waals surface area contributed by atoms with Gasteiger partial charge in [0, 0.05) is 19.7 Å². The van der Waals surface area contributed by atoms with Crippen LogP contribution in [0.4, 0.5) is 11.6 Å². The van der Waals surface area contributed by atoms with Crippen molar-refractivity contribution in [2.75, 3.05) is 24.4 Å². The predicted octanol–water partition coefficient (Wildman–Crippen LogP) is 0.340. The first-order chi connectivity index (χ1) is 6.80. The zero-order valence-electron chi connectivity index (χ0n) is 8.37. The van der Waals surface area contributed by atoms with Gasteiger partial charge < -0.3 is 15.5 Å². The molecule has 0 aromatic carbocycles. The van der Waals surface area contributed by atoms with Gasteiger partial charge in [0.25, 0.3) is 0 Å². The molecule has 0 radical (unpaired) electrons. The van der Waals surface area contributed by atoms with E-state index in [2.05, 4.69) is 20.7 Å². The predicted molar refractivity (Wildman–Crippen MR) is 54.7 cm³/mol. The van der Waals surface area contributed by atoms with Gasteiger partial charge in [-0.2, -0.15) is 0 Å². The molecule has 0 bridgehead atoms. The summed E-state index contributed by atoms with van der Waals surface area (Å²) in [5.74, 6) is 7.14. The Morgan fingerprint density at radius 2 is 2.14 bits per heavy atom. The SMILES string of the molecule is CCOCc1nc(NC)cc(NN)n1. The molecule has 78 valence electrons. The van der Waals surface area contributed by atoms with E-state index in [1.807, 2.05) is 6.92 Å². The molecule has 6 heteroatoms. The number of nitrogens with zero attached hydrogens (tertiary/aromatic N) is 2. The van der Waals surface area contributed by atoms with Crippen LogP contribution in [-0.4, -0.2) is 23.6 Å². The molecule has 0 spiro atoms. The highest BCUT2D eigenvalue weighted by Crippen LogP contribution is 2.09. The number of rotatable bonds is 5. The number of hydrazine groups is 1. The van der Waals surface area contributed by atoms with Crippen molar-refractivity contribution in [2.45, 2.75) is 13.5 Å². The Morgan fingerprint density at radius 1 is 1.43 bits per heavy atom. The summed E-state index contributed by atoms with van der Waals surface area (Å²) in [5, 5.41) is 2.92. The molecule has 0 atom stereocenters. The van der Waals surface area contributed by atoms with Crippen molar-refractivity contribution >= 4 is 11.6 Å². The number of nitrogens with two attached hydrogens (primary N) is 1. The molecule has 0 aliphatic carbocycles. The van der Waals surface area contributed by atoms with Crippen LogP contribution in [0.1, 0.15) is 12.7 Å². The lowest BCUT2D eigenvalue weighted by Gasteiger charge is -2.06. The lowest BCUT2D eigenvalue weighted by Crippen LogP contribution is -2.12. The molecule has 0 saturated heterocycles. The molecule has 0 unspecified atom stereocenters. The van der Waals surface area contributed by atoms with Crippen LogP contribution in [0.3, 0.4) is 0 Å². The first-order valence-electron chi connectivity index (χ1n) is 4.40. The van der Waals surface area contributed by atoms with E-state index in [1.54, 1.807) is 13.1 Å². The third-order valence-electron chi connectivity index (χ3n) is 1.61. The lowest BCUT2D eigenvalue weighted by atomic mass is 10.5. The number of nitrogens with one attached hydrogen (secondary N) is 2. The maximum absolute atomic E-state index is 5.26. The molecule has 0 saturated carbocycles. The Hall–Kier alpha value is -1.40. The van der Waals surface area contributed by atoms with Crippen LogP contribution in [0, 0.1) is 0 Å². The first-order valence-corrected chi connectivity index (χ1v) is 4.40. The van der Waals surface area contributed by atoms with E-state index in [-0.39, 0.29) is 0 Å². The standard InChI is InChI=1S/C8H15N5O/c1-3-14-5-8-11-6(10-2)4-7(12-8)13-9/h4H,3,5,9H2,1-2H3,(H2,10,11,12,13). The van der Waals surface area contributed by atoms with Crippen molar-refractivity contribution in [2.24, 2.45) is 5.84 Å². The molecule has 1 heterocycles. The van der Waals surface area contributed by atoms with Crippen LogP contribution < -0.4 is 16.6 Å². The van der Waals surface area contributed by atoms with Crippen molar-refractivity contribution in [3.8, 4) is 0 Å². The summed E-state index contributed by atoms with van der Waals surface area (Å²) in [6.07, 6.45) is 0. The van der Waals surface area contributed by atoms with Gasteiger partial charge >= 0.3 is 0 Å². The van der Waals surface area contributed by atoms with Crippen molar-refractivity contribution in [1.29, 1.82) is 0 Å². The van der Waals surface area contributed by atoms with Gasteiger partial charge in [0.1, 0.15) is 18.2 Å². The Bertz CT molecular complexity index is 269. The zero-order valence-corrected chi connectivity index (χ0v) is 8.37. The molecule has 14 heavy (non-hydrogen) atoms. The highest BCUT2D eigenvalue weighted by molar-refractivity contribution is 5.46. The number of nitrogen functional groups attached to an aromatic ring is 1. The van der Waals surface area contributed by atoms with Gasteiger partial charge in [-0.15, -0.1) is 0 Å². The summed E-state index contributed by atoms with van der Waals surface area (Å²) in [6, 6.07) is 1.72. The summed E-state index contributed by atoms with van der Waals surface area (Å²) in [5.41, 5.74) is 2.47. The second kappa shape index (κ2) is 5.36. The first kappa shape index (κ1) is 10.7. The number of anilines is 2. The fourth-order valence-electron chi connectivity index (χ4n) is 0.957. The molecule has 6 nitrogen and oxygen atoms in total. The molecule has 1 aromatic heterocycles. The van der Waals surface area contributed by atoms with Gasteiger partial charge in [-0.05, 0) is 6.92 Å². The van der Waals surface area contributed by atoms with Gasteiger partial charge in [-0.25, -0.2) is 15.8 Å². The molecule has 0 aliphatic heterocycles. The Morgan fingerprint density at radius 3 is 2.71 bits per heavy atom. The van der Waals surface area contributed by atoms with E-state index >= 15 is 0 Å². The minimum absolute atomic E-state index is 0.390. The third kappa shape index (κ3) is 2.82. The quantitative estimate of drug-likeness (QED) is 0.466. The van der Waals surface area contributed by atoms with E-state index in [9.17, 15) is 0 Å². The number of aromatic nitrogens is 2. The fourth-order valence-corrected chi connectivity index (χ4v) is 0.957. The second-order valence-corrected chi connectivity index (χ2v) is 2.59. The molecule has 4 N–H and O–H groups in total. The van der Waals surface area contributed by atoms with E-state index in [0.29, 0.717) is 30.7 Å². The van der Waals surface area contributed by atoms with Gasteiger partial charge in [0.2, 0.25) is 0 Å². The highest BCUT2D eigenvalue weighted by atomic mass is 16.5. The molecule has 0 amide bonds. The summed E-state index contributed by atoms with van der Waals surface area (Å²) in [7, 11) is 1.78. The number of ether oxygens (including phenoxy) is 1. The molecule has 0 aliphatic rings. The van der Waals surface area contributed by atoms with Crippen LogP contribution in [0.15, 0.2) is 6.07 Å². The maximum Gasteiger partial charge on any atom is 0.158 e.